The van der Waals surface area contributed by atoms with Crippen LogP contribution in [-0.2, 0) is 0 Å². The summed E-state index contributed by atoms with van der Waals surface area (Å²) in [5.74, 6) is 0. The Bertz CT molecular complexity index is 3040. The number of nitrogens with zero attached hydrogens (tertiary/aromatic N) is 3. The van der Waals surface area contributed by atoms with Crippen molar-refractivity contribution in [2.45, 2.75) is 0 Å². The van der Waals surface area contributed by atoms with Gasteiger partial charge in [-0.1, -0.05) is 115 Å². The first-order valence-electron chi connectivity index (χ1n) is 18.2. The molecular weight excluding hydrogens is 661 g/mol. The highest BCUT2D eigenvalue weighted by atomic mass is 32.1. The van der Waals surface area contributed by atoms with Crippen LogP contribution in [0.1, 0.15) is 0 Å². The van der Waals surface area contributed by atoms with Crippen LogP contribution in [0.4, 0.5) is 34.1 Å². The molecule has 246 valence electrons. The molecule has 2 aliphatic rings. The number of hydrogen-bond donors (Lipinski definition) is 0. The first kappa shape index (κ1) is 29.1. The lowest BCUT2D eigenvalue weighted by atomic mass is 9.33. The van der Waals surface area contributed by atoms with E-state index in [9.17, 15) is 0 Å². The van der Waals surface area contributed by atoms with Crippen molar-refractivity contribution in [2.75, 3.05) is 9.80 Å². The van der Waals surface area contributed by atoms with Gasteiger partial charge >= 0.3 is 0 Å². The van der Waals surface area contributed by atoms with Gasteiger partial charge in [0.2, 0.25) is 0 Å². The molecule has 5 heteroatoms. The Morgan fingerprint density at radius 1 is 0.472 bits per heavy atom. The molecule has 53 heavy (non-hydrogen) atoms. The van der Waals surface area contributed by atoms with Gasteiger partial charge in [0.15, 0.2) is 0 Å². The van der Waals surface area contributed by atoms with Gasteiger partial charge in [0.1, 0.15) is 0 Å². The molecule has 0 radical (unpaired) electrons. The molecule has 0 saturated heterocycles. The van der Waals surface area contributed by atoms with Gasteiger partial charge in [0, 0.05) is 65.1 Å². The molecule has 12 rings (SSSR count). The fourth-order valence-electron chi connectivity index (χ4n) is 9.24. The maximum absolute atomic E-state index is 2.59. The number of thiophene rings is 1. The van der Waals surface area contributed by atoms with Gasteiger partial charge in [-0.2, -0.15) is 0 Å². The summed E-state index contributed by atoms with van der Waals surface area (Å²) < 4.78 is 5.29. The minimum Gasteiger partial charge on any atom is -0.311 e. The highest BCUT2D eigenvalue weighted by molar-refractivity contribution is 7.27. The van der Waals surface area contributed by atoms with Gasteiger partial charge in [-0.05, 0) is 83.1 Å². The maximum atomic E-state index is 2.59. The molecule has 0 saturated carbocycles. The topological polar surface area (TPSA) is 11.4 Å². The van der Waals surface area contributed by atoms with E-state index in [0.717, 1.165) is 22.7 Å². The molecule has 8 aromatic carbocycles. The van der Waals surface area contributed by atoms with Crippen molar-refractivity contribution in [3.05, 3.63) is 182 Å². The quantitative estimate of drug-likeness (QED) is 0.170. The molecule has 0 bridgehead atoms. The van der Waals surface area contributed by atoms with Crippen molar-refractivity contribution in [3.8, 4) is 5.69 Å². The van der Waals surface area contributed by atoms with Crippen LogP contribution in [0.3, 0.4) is 0 Å². The Balaban J connectivity index is 1.29. The molecule has 0 atom stereocenters. The van der Waals surface area contributed by atoms with Crippen molar-refractivity contribution < 1.29 is 0 Å². The number of rotatable bonds is 4. The van der Waals surface area contributed by atoms with Crippen LogP contribution >= 0.6 is 11.3 Å². The second-order valence-electron chi connectivity index (χ2n) is 14.1. The number of benzene rings is 8. The van der Waals surface area contributed by atoms with Gasteiger partial charge in [-0.15, -0.1) is 11.3 Å². The summed E-state index contributed by atoms with van der Waals surface area (Å²) in [7, 11) is 0. The van der Waals surface area contributed by atoms with E-state index in [4.69, 9.17) is 0 Å². The minimum absolute atomic E-state index is 0.0505. The monoisotopic (exact) mass is 691 g/mol. The second-order valence-corrected chi connectivity index (χ2v) is 15.1. The molecule has 10 aromatic rings. The number of aromatic nitrogens is 1. The predicted molar refractivity (Wildman–Crippen MR) is 228 cm³/mol. The molecule has 0 amide bonds. The van der Waals surface area contributed by atoms with Crippen LogP contribution in [0.15, 0.2) is 182 Å². The lowest BCUT2D eigenvalue weighted by Gasteiger charge is -2.41. The first-order valence-corrected chi connectivity index (χ1v) is 19.0. The Kier molecular flexibility index (Phi) is 6.02. The van der Waals surface area contributed by atoms with E-state index in [1.54, 1.807) is 0 Å². The molecule has 2 aliphatic heterocycles. The van der Waals surface area contributed by atoms with E-state index in [0.29, 0.717) is 0 Å². The van der Waals surface area contributed by atoms with Gasteiger partial charge in [0.05, 0.1) is 16.7 Å². The molecule has 4 heterocycles. The lowest BCUT2D eigenvalue weighted by molar-refractivity contribution is 1.16. The maximum Gasteiger partial charge on any atom is 0.252 e. The van der Waals surface area contributed by atoms with Crippen molar-refractivity contribution in [1.29, 1.82) is 0 Å². The molecule has 0 fully saturated rings. The molecule has 0 aliphatic carbocycles. The molecule has 3 nitrogen and oxygen atoms in total. The second kappa shape index (κ2) is 11.0. The number of anilines is 6. The van der Waals surface area contributed by atoms with Crippen LogP contribution < -0.4 is 26.2 Å². The first-order chi connectivity index (χ1) is 26.3. The van der Waals surface area contributed by atoms with Crippen LogP contribution in [0.2, 0.25) is 0 Å². The summed E-state index contributed by atoms with van der Waals surface area (Å²) >= 11 is 1.93. The highest BCUT2D eigenvalue weighted by Gasteiger charge is 2.43. The molecule has 0 N–H and O–H groups in total. The predicted octanol–water partition coefficient (Wildman–Crippen LogP) is 11.2. The van der Waals surface area contributed by atoms with E-state index >= 15 is 0 Å². The Labute approximate surface area is 311 Å². The fraction of sp³-hybridized carbons (Fsp3) is 0. The van der Waals surface area contributed by atoms with Crippen LogP contribution in [0.25, 0.3) is 47.7 Å². The van der Waals surface area contributed by atoms with E-state index in [-0.39, 0.29) is 6.71 Å². The summed E-state index contributed by atoms with van der Waals surface area (Å²) in [4.78, 5) is 4.90. The Morgan fingerprint density at radius 2 is 1.09 bits per heavy atom. The van der Waals surface area contributed by atoms with Crippen LogP contribution in [0.5, 0.6) is 0 Å². The van der Waals surface area contributed by atoms with E-state index in [2.05, 4.69) is 196 Å². The van der Waals surface area contributed by atoms with E-state index in [1.165, 1.54) is 75.4 Å². The van der Waals surface area contributed by atoms with Gasteiger partial charge < -0.3 is 14.4 Å². The average Bonchev–Trinajstić information content (AvgIpc) is 3.77. The average molecular weight is 692 g/mol. The zero-order valence-corrected chi connectivity index (χ0v) is 29.5. The summed E-state index contributed by atoms with van der Waals surface area (Å²) in [6, 6.07) is 66.9. The Hall–Kier alpha value is -6.56. The number of fused-ring (bicyclic) bond motifs is 11. The fourth-order valence-corrected chi connectivity index (χ4v) is 10.5. The molecular formula is C48H30BN3S. The minimum atomic E-state index is 0.0505. The van der Waals surface area contributed by atoms with Crippen molar-refractivity contribution in [3.63, 3.8) is 0 Å². The normalized spacial score (nSPS) is 12.8. The lowest BCUT2D eigenvalue weighted by Crippen LogP contribution is -2.60. The Morgan fingerprint density at radius 3 is 1.87 bits per heavy atom. The molecule has 0 spiro atoms. The summed E-state index contributed by atoms with van der Waals surface area (Å²) in [6.07, 6.45) is 0. The van der Waals surface area contributed by atoms with Crippen LogP contribution in [-0.4, -0.2) is 11.3 Å². The van der Waals surface area contributed by atoms with Crippen molar-refractivity contribution >= 4 is 111 Å². The largest absolute Gasteiger partial charge is 0.311 e. The summed E-state index contributed by atoms with van der Waals surface area (Å²) in [5.41, 5.74) is 14.8. The zero-order chi connectivity index (χ0) is 34.6. The number of hydrogen-bond acceptors (Lipinski definition) is 3. The van der Waals surface area contributed by atoms with Crippen molar-refractivity contribution in [2.24, 2.45) is 0 Å². The summed E-state index contributed by atoms with van der Waals surface area (Å²) in [6.45, 7) is 0.0505. The SMILES string of the molecule is c1ccc(N(c2ccccc2)c2cc3c4c(c2)-n2c5ccccc5c5c6sc7ccccc7c6cc(c52)B4c2ccccc2N3c2ccccc2)cc1. The molecule has 0 unspecified atom stereocenters. The van der Waals surface area contributed by atoms with E-state index < -0.39 is 0 Å². The third-order valence-corrected chi connectivity index (χ3v) is 12.5. The van der Waals surface area contributed by atoms with E-state index in [1.807, 2.05) is 11.3 Å². The third kappa shape index (κ3) is 4.00. The third-order valence-electron chi connectivity index (χ3n) is 11.3. The van der Waals surface area contributed by atoms with Gasteiger partial charge in [-0.25, -0.2) is 0 Å². The smallest absolute Gasteiger partial charge is 0.252 e. The van der Waals surface area contributed by atoms with Gasteiger partial charge in [-0.3, -0.25) is 0 Å². The standard InChI is InChI=1S/C48H30BN3S/c1-4-16-31(17-5-1)50(32-18-6-2-7-19-32)34-28-42-46-43(29-34)52-40-25-13-10-23-36(40)45-47(52)39(30-37-35-22-11-15-27-44(35)53-48(37)45)49(46)38-24-12-14-26-41(38)51(42)33-20-8-3-9-21-33/h1-30H. The van der Waals surface area contributed by atoms with Gasteiger partial charge in [0.25, 0.3) is 6.71 Å². The zero-order valence-electron chi connectivity index (χ0n) is 28.6. The highest BCUT2D eigenvalue weighted by Crippen LogP contribution is 2.48. The number of para-hydroxylation sites is 5. The van der Waals surface area contributed by atoms with Crippen LogP contribution in [0, 0.1) is 0 Å². The molecule has 2 aromatic heterocycles. The van der Waals surface area contributed by atoms with Crippen molar-refractivity contribution in [1.82, 2.24) is 4.57 Å². The summed E-state index contributed by atoms with van der Waals surface area (Å²) in [5, 5.41) is 5.34.